The lowest BCUT2D eigenvalue weighted by Gasteiger charge is -2.27. The van der Waals surface area contributed by atoms with Crippen molar-refractivity contribution in [3.8, 4) is 0 Å². The Hall–Kier alpha value is -0.810. The molecule has 0 aliphatic carbocycles. The Bertz CT molecular complexity index is 422. The van der Waals surface area contributed by atoms with E-state index in [4.69, 9.17) is 10.5 Å². The summed E-state index contributed by atoms with van der Waals surface area (Å²) in [6, 6.07) is 3.10. The van der Waals surface area contributed by atoms with E-state index in [1.807, 2.05) is 0 Å². The van der Waals surface area contributed by atoms with Crippen LogP contribution in [0.4, 0.5) is 15.8 Å². The van der Waals surface area contributed by atoms with E-state index in [1.165, 1.54) is 6.07 Å². The Labute approximate surface area is 115 Å². The second-order valence-electron chi connectivity index (χ2n) is 4.50. The zero-order valence-electron chi connectivity index (χ0n) is 10.5. The van der Waals surface area contributed by atoms with Crippen LogP contribution in [-0.4, -0.2) is 25.8 Å². The van der Waals surface area contributed by atoms with Gasteiger partial charge in [-0.2, -0.15) is 0 Å². The predicted molar refractivity (Wildman–Crippen MR) is 75.4 cm³/mol. The Morgan fingerprint density at radius 3 is 2.94 bits per heavy atom. The lowest BCUT2D eigenvalue weighted by Crippen LogP contribution is -2.32. The van der Waals surface area contributed by atoms with E-state index in [0.717, 1.165) is 38.2 Å². The third-order valence-corrected chi connectivity index (χ3v) is 3.85. The van der Waals surface area contributed by atoms with Gasteiger partial charge in [0.05, 0.1) is 22.0 Å². The van der Waals surface area contributed by atoms with Gasteiger partial charge in [-0.1, -0.05) is 0 Å². The van der Waals surface area contributed by atoms with Gasteiger partial charge in [-0.25, -0.2) is 4.39 Å². The Morgan fingerprint density at radius 1 is 1.56 bits per heavy atom. The van der Waals surface area contributed by atoms with Crippen LogP contribution in [0, 0.1) is 5.82 Å². The summed E-state index contributed by atoms with van der Waals surface area (Å²) in [4.78, 5) is 2.13. The van der Waals surface area contributed by atoms with E-state index in [2.05, 4.69) is 27.8 Å². The number of benzene rings is 1. The highest BCUT2D eigenvalue weighted by Gasteiger charge is 2.20. The van der Waals surface area contributed by atoms with Gasteiger partial charge in [0.15, 0.2) is 0 Å². The largest absolute Gasteiger partial charge is 0.397 e. The van der Waals surface area contributed by atoms with Crippen molar-refractivity contribution in [1.29, 1.82) is 0 Å². The minimum atomic E-state index is -0.329. The Balaban J connectivity index is 2.18. The van der Waals surface area contributed by atoms with Crippen molar-refractivity contribution in [1.82, 2.24) is 0 Å². The average molecular weight is 317 g/mol. The molecule has 2 rings (SSSR count). The summed E-state index contributed by atoms with van der Waals surface area (Å²) < 4.78 is 19.4. The number of rotatable bonds is 4. The van der Waals surface area contributed by atoms with E-state index in [9.17, 15) is 4.39 Å². The normalized spacial score (nSPS) is 19.2. The van der Waals surface area contributed by atoms with Gasteiger partial charge in [0.1, 0.15) is 5.82 Å². The van der Waals surface area contributed by atoms with Gasteiger partial charge in [-0.3, -0.25) is 0 Å². The van der Waals surface area contributed by atoms with Crippen molar-refractivity contribution in [2.75, 3.05) is 30.3 Å². The number of hydrogen-bond acceptors (Lipinski definition) is 3. The number of nitrogens with zero attached hydrogens (tertiary/aromatic N) is 1. The number of nitrogen functional groups attached to an aromatic ring is 1. The molecule has 0 radical (unpaired) electrons. The fourth-order valence-corrected chi connectivity index (χ4v) is 2.59. The van der Waals surface area contributed by atoms with Crippen LogP contribution < -0.4 is 10.6 Å². The van der Waals surface area contributed by atoms with Crippen LogP contribution in [0.5, 0.6) is 0 Å². The lowest BCUT2D eigenvalue weighted by molar-refractivity contribution is 0.116. The molecule has 1 aliphatic rings. The zero-order valence-corrected chi connectivity index (χ0v) is 12.0. The van der Waals surface area contributed by atoms with Crippen molar-refractivity contribution < 1.29 is 9.13 Å². The fourth-order valence-electron chi connectivity index (χ4n) is 2.26. The summed E-state index contributed by atoms with van der Waals surface area (Å²) in [5.74, 6) is -0.329. The summed E-state index contributed by atoms with van der Waals surface area (Å²) >= 11 is 3.20. The van der Waals surface area contributed by atoms with E-state index in [1.54, 1.807) is 6.07 Å². The minimum Gasteiger partial charge on any atom is -0.397 e. The minimum absolute atomic E-state index is 0.258. The van der Waals surface area contributed by atoms with Crippen LogP contribution in [0.15, 0.2) is 16.6 Å². The number of anilines is 2. The molecule has 1 atom stereocenters. The molecule has 1 saturated heterocycles. The summed E-state index contributed by atoms with van der Waals surface area (Å²) in [5.41, 5.74) is 7.23. The van der Waals surface area contributed by atoms with Crippen molar-refractivity contribution in [2.24, 2.45) is 0 Å². The first kappa shape index (κ1) is 13.6. The van der Waals surface area contributed by atoms with Gasteiger partial charge in [-0.05, 0) is 41.8 Å². The summed E-state index contributed by atoms with van der Waals surface area (Å²) in [6.45, 7) is 4.53. The molecule has 3 nitrogen and oxygen atoms in total. The maximum atomic E-state index is 13.4. The molecule has 0 bridgehead atoms. The lowest BCUT2D eigenvalue weighted by atomic mass is 10.2. The van der Waals surface area contributed by atoms with Crippen LogP contribution in [0.2, 0.25) is 0 Å². The molecule has 2 N–H and O–H groups in total. The maximum absolute atomic E-state index is 13.4. The first-order valence-electron chi connectivity index (χ1n) is 6.23. The molecule has 1 unspecified atom stereocenters. The van der Waals surface area contributed by atoms with Crippen LogP contribution in [0.25, 0.3) is 0 Å². The molecule has 5 heteroatoms. The molecule has 100 valence electrons. The molecule has 0 aromatic heterocycles. The van der Waals surface area contributed by atoms with Crippen LogP contribution in [0.3, 0.4) is 0 Å². The van der Waals surface area contributed by atoms with Gasteiger partial charge in [0, 0.05) is 25.8 Å². The molecule has 18 heavy (non-hydrogen) atoms. The van der Waals surface area contributed by atoms with Crippen molar-refractivity contribution in [3.05, 3.63) is 22.4 Å². The number of hydrogen-bond donors (Lipinski definition) is 1. The van der Waals surface area contributed by atoms with Crippen LogP contribution >= 0.6 is 15.9 Å². The summed E-state index contributed by atoms with van der Waals surface area (Å²) in [5, 5.41) is 0. The molecule has 0 amide bonds. The Kier molecular flexibility index (Phi) is 4.45. The van der Waals surface area contributed by atoms with Gasteiger partial charge in [0.2, 0.25) is 0 Å². The molecular formula is C13H18BrFN2O. The predicted octanol–water partition coefficient (Wildman–Crippen LogP) is 3.18. The number of likely N-dealkylation sites (N-methyl/N-ethyl adjacent to an activating group) is 1. The van der Waals surface area contributed by atoms with Crippen molar-refractivity contribution >= 4 is 27.3 Å². The highest BCUT2D eigenvalue weighted by molar-refractivity contribution is 9.10. The second kappa shape index (κ2) is 5.89. The van der Waals surface area contributed by atoms with E-state index >= 15 is 0 Å². The molecule has 0 saturated carbocycles. The molecule has 0 spiro atoms. The summed E-state index contributed by atoms with van der Waals surface area (Å²) in [7, 11) is 0. The second-order valence-corrected chi connectivity index (χ2v) is 5.35. The smallest absolute Gasteiger partial charge is 0.139 e. The third kappa shape index (κ3) is 2.95. The quantitative estimate of drug-likeness (QED) is 0.867. The summed E-state index contributed by atoms with van der Waals surface area (Å²) in [6.07, 6.45) is 2.46. The fraction of sp³-hybridized carbons (Fsp3) is 0.538. The highest BCUT2D eigenvalue weighted by Crippen LogP contribution is 2.30. The van der Waals surface area contributed by atoms with E-state index in [-0.39, 0.29) is 11.9 Å². The van der Waals surface area contributed by atoms with Crippen LogP contribution in [-0.2, 0) is 4.74 Å². The SMILES string of the molecule is CCN(CC1CCCO1)c1cc(Br)c(F)cc1N. The monoisotopic (exact) mass is 316 g/mol. The van der Waals surface area contributed by atoms with Gasteiger partial charge < -0.3 is 15.4 Å². The number of ether oxygens (including phenoxy) is 1. The van der Waals surface area contributed by atoms with Gasteiger partial charge in [0.25, 0.3) is 0 Å². The molecular weight excluding hydrogens is 299 g/mol. The standard InChI is InChI=1S/C13H18BrFN2O/c1-2-17(8-9-4-3-5-18-9)13-6-10(14)11(15)7-12(13)16/h6-7,9H,2-5,8,16H2,1H3. The van der Waals surface area contributed by atoms with Gasteiger partial charge in [-0.15, -0.1) is 0 Å². The first-order chi connectivity index (χ1) is 8.61. The first-order valence-corrected chi connectivity index (χ1v) is 7.02. The number of nitrogens with two attached hydrogens (primary N) is 1. The van der Waals surface area contributed by atoms with Crippen molar-refractivity contribution in [2.45, 2.75) is 25.9 Å². The molecule has 1 aromatic carbocycles. The Morgan fingerprint density at radius 2 is 2.33 bits per heavy atom. The average Bonchev–Trinajstić information content (AvgIpc) is 2.84. The zero-order chi connectivity index (χ0) is 13.1. The van der Waals surface area contributed by atoms with Gasteiger partial charge >= 0.3 is 0 Å². The molecule has 1 fully saturated rings. The topological polar surface area (TPSA) is 38.5 Å². The van der Waals surface area contributed by atoms with Crippen molar-refractivity contribution in [3.63, 3.8) is 0 Å². The molecule has 1 aliphatic heterocycles. The van der Waals surface area contributed by atoms with E-state index in [0.29, 0.717) is 10.2 Å². The van der Waals surface area contributed by atoms with E-state index < -0.39 is 0 Å². The maximum Gasteiger partial charge on any atom is 0.139 e. The molecule has 1 heterocycles. The third-order valence-electron chi connectivity index (χ3n) is 3.24. The molecule has 1 aromatic rings. The highest BCUT2D eigenvalue weighted by atomic mass is 79.9. The number of halogens is 2. The van der Waals surface area contributed by atoms with Crippen LogP contribution in [0.1, 0.15) is 19.8 Å².